The number of likely N-dealkylation sites (tertiary alicyclic amines) is 1. The van der Waals surface area contributed by atoms with Crippen LogP contribution in [-0.2, 0) is 10.0 Å². The van der Waals surface area contributed by atoms with E-state index in [2.05, 4.69) is 32.5 Å². The quantitative estimate of drug-likeness (QED) is 0.891. The fourth-order valence-electron chi connectivity index (χ4n) is 2.30. The van der Waals surface area contributed by atoms with Crippen LogP contribution in [0.4, 0.5) is 4.39 Å². The molecule has 112 valence electrons. The van der Waals surface area contributed by atoms with Crippen LogP contribution in [0.25, 0.3) is 0 Å². The lowest BCUT2D eigenvalue weighted by Crippen LogP contribution is -2.44. The van der Waals surface area contributed by atoms with Crippen molar-refractivity contribution >= 4 is 26.0 Å². The monoisotopic (exact) mass is 364 g/mol. The van der Waals surface area contributed by atoms with Crippen LogP contribution < -0.4 is 4.72 Å². The molecule has 2 rings (SSSR count). The van der Waals surface area contributed by atoms with Crippen molar-refractivity contribution < 1.29 is 12.8 Å². The van der Waals surface area contributed by atoms with Gasteiger partial charge in [-0.3, -0.25) is 0 Å². The molecule has 0 bridgehead atoms. The average Bonchev–Trinajstić information content (AvgIpc) is 2.42. The van der Waals surface area contributed by atoms with E-state index >= 15 is 0 Å². The van der Waals surface area contributed by atoms with Crippen LogP contribution in [0.5, 0.6) is 0 Å². The van der Waals surface area contributed by atoms with E-state index in [1.165, 1.54) is 12.1 Å². The van der Waals surface area contributed by atoms with Crippen molar-refractivity contribution in [3.63, 3.8) is 0 Å². The summed E-state index contributed by atoms with van der Waals surface area (Å²) in [5, 5.41) is 0. The molecule has 0 atom stereocenters. The summed E-state index contributed by atoms with van der Waals surface area (Å²) in [6, 6.07) is 3.77. The molecule has 1 heterocycles. The smallest absolute Gasteiger partial charge is 0.240 e. The number of rotatable bonds is 4. The lowest BCUT2D eigenvalue weighted by molar-refractivity contribution is 0.217. The van der Waals surface area contributed by atoms with E-state index in [0.717, 1.165) is 38.5 Å². The SMILES string of the molecule is CCN1CCC(NS(=O)(=O)c2ccc(Br)c(F)c2)CC1. The van der Waals surface area contributed by atoms with Gasteiger partial charge in [-0.1, -0.05) is 6.92 Å². The van der Waals surface area contributed by atoms with Gasteiger partial charge in [-0.15, -0.1) is 0 Å². The number of hydrogen-bond acceptors (Lipinski definition) is 3. The van der Waals surface area contributed by atoms with Crippen molar-refractivity contribution in [2.75, 3.05) is 19.6 Å². The number of nitrogens with zero attached hydrogens (tertiary/aromatic N) is 1. The van der Waals surface area contributed by atoms with Gasteiger partial charge in [0.2, 0.25) is 10.0 Å². The van der Waals surface area contributed by atoms with Crippen LogP contribution in [-0.4, -0.2) is 39.0 Å². The van der Waals surface area contributed by atoms with Crippen molar-refractivity contribution in [3.05, 3.63) is 28.5 Å². The van der Waals surface area contributed by atoms with E-state index in [1.54, 1.807) is 0 Å². The minimum atomic E-state index is -3.65. The van der Waals surface area contributed by atoms with Crippen molar-refractivity contribution in [3.8, 4) is 0 Å². The molecule has 1 N–H and O–H groups in total. The zero-order valence-corrected chi connectivity index (χ0v) is 13.7. The van der Waals surface area contributed by atoms with E-state index in [1.807, 2.05) is 0 Å². The zero-order chi connectivity index (χ0) is 14.8. The van der Waals surface area contributed by atoms with Gasteiger partial charge in [-0.25, -0.2) is 17.5 Å². The van der Waals surface area contributed by atoms with Crippen LogP contribution in [0.3, 0.4) is 0 Å². The third-order valence-electron chi connectivity index (χ3n) is 3.56. The number of nitrogens with one attached hydrogen (secondary N) is 1. The number of halogens is 2. The molecule has 1 aliphatic heterocycles. The van der Waals surface area contributed by atoms with Gasteiger partial charge in [-0.2, -0.15) is 0 Å². The van der Waals surface area contributed by atoms with E-state index in [4.69, 9.17) is 0 Å². The van der Waals surface area contributed by atoms with E-state index < -0.39 is 15.8 Å². The molecule has 1 aromatic rings. The topological polar surface area (TPSA) is 49.4 Å². The minimum Gasteiger partial charge on any atom is -0.303 e. The Kier molecular flexibility index (Phi) is 5.17. The first-order valence-corrected chi connectivity index (χ1v) is 8.89. The zero-order valence-electron chi connectivity index (χ0n) is 11.3. The van der Waals surface area contributed by atoms with Crippen LogP contribution in [0, 0.1) is 5.82 Å². The van der Waals surface area contributed by atoms with Crippen LogP contribution >= 0.6 is 15.9 Å². The third kappa shape index (κ3) is 3.78. The lowest BCUT2D eigenvalue weighted by atomic mass is 10.1. The first-order valence-electron chi connectivity index (χ1n) is 6.62. The van der Waals surface area contributed by atoms with Crippen molar-refractivity contribution in [2.45, 2.75) is 30.7 Å². The summed E-state index contributed by atoms with van der Waals surface area (Å²) < 4.78 is 40.8. The van der Waals surface area contributed by atoms with Gasteiger partial charge in [0.05, 0.1) is 9.37 Å². The molecular weight excluding hydrogens is 347 g/mol. The number of sulfonamides is 1. The van der Waals surface area contributed by atoms with E-state index in [9.17, 15) is 12.8 Å². The second kappa shape index (κ2) is 6.51. The Labute approximate surface area is 127 Å². The van der Waals surface area contributed by atoms with Crippen LogP contribution in [0.15, 0.2) is 27.6 Å². The number of hydrogen-bond donors (Lipinski definition) is 1. The summed E-state index contributed by atoms with van der Waals surface area (Å²) in [5.41, 5.74) is 0. The molecule has 0 amide bonds. The van der Waals surface area contributed by atoms with Gasteiger partial charge in [0.15, 0.2) is 0 Å². The highest BCUT2D eigenvalue weighted by Crippen LogP contribution is 2.20. The molecule has 1 saturated heterocycles. The summed E-state index contributed by atoms with van der Waals surface area (Å²) in [4.78, 5) is 2.25. The molecule has 20 heavy (non-hydrogen) atoms. The Hall–Kier alpha value is -0.500. The van der Waals surface area contributed by atoms with E-state index in [0.29, 0.717) is 0 Å². The number of piperidine rings is 1. The molecular formula is C13H18BrFN2O2S. The second-order valence-electron chi connectivity index (χ2n) is 4.91. The maximum Gasteiger partial charge on any atom is 0.240 e. The van der Waals surface area contributed by atoms with Crippen molar-refractivity contribution in [2.24, 2.45) is 0 Å². The van der Waals surface area contributed by atoms with Crippen LogP contribution in [0.1, 0.15) is 19.8 Å². The summed E-state index contributed by atoms with van der Waals surface area (Å²) in [5.74, 6) is -0.575. The molecule has 0 unspecified atom stereocenters. The fraction of sp³-hybridized carbons (Fsp3) is 0.538. The van der Waals surface area contributed by atoms with Gasteiger partial charge >= 0.3 is 0 Å². The van der Waals surface area contributed by atoms with Crippen molar-refractivity contribution in [1.29, 1.82) is 0 Å². The minimum absolute atomic E-state index is 0.0314. The van der Waals surface area contributed by atoms with Crippen LogP contribution in [0.2, 0.25) is 0 Å². The Morgan fingerprint density at radius 2 is 2.05 bits per heavy atom. The molecule has 4 nitrogen and oxygen atoms in total. The molecule has 1 fully saturated rings. The molecule has 1 aromatic carbocycles. The Morgan fingerprint density at radius 1 is 1.40 bits per heavy atom. The summed E-state index contributed by atoms with van der Waals surface area (Å²) in [6.07, 6.45) is 1.57. The number of benzene rings is 1. The summed E-state index contributed by atoms with van der Waals surface area (Å²) in [6.45, 7) is 4.85. The Morgan fingerprint density at radius 3 is 2.60 bits per heavy atom. The lowest BCUT2D eigenvalue weighted by Gasteiger charge is -2.31. The van der Waals surface area contributed by atoms with Gasteiger partial charge in [0.1, 0.15) is 5.82 Å². The second-order valence-corrected chi connectivity index (χ2v) is 7.47. The van der Waals surface area contributed by atoms with Crippen molar-refractivity contribution in [1.82, 2.24) is 9.62 Å². The molecule has 0 aromatic heterocycles. The first kappa shape index (κ1) is 15.9. The fourth-order valence-corrected chi connectivity index (χ4v) is 3.86. The Balaban J connectivity index is 2.06. The highest BCUT2D eigenvalue weighted by atomic mass is 79.9. The Bertz CT molecular complexity index is 572. The maximum absolute atomic E-state index is 13.4. The normalized spacial score (nSPS) is 18.4. The maximum atomic E-state index is 13.4. The molecule has 7 heteroatoms. The molecule has 0 saturated carbocycles. The predicted molar refractivity (Wildman–Crippen MR) is 79.6 cm³/mol. The standard InChI is InChI=1S/C13H18BrFN2O2S/c1-2-17-7-5-10(6-8-17)16-20(18,19)11-3-4-12(14)13(15)9-11/h3-4,9-10,16H,2,5-8H2,1H3. The highest BCUT2D eigenvalue weighted by Gasteiger charge is 2.24. The highest BCUT2D eigenvalue weighted by molar-refractivity contribution is 9.10. The van der Waals surface area contributed by atoms with Gasteiger partial charge in [-0.05, 0) is 66.6 Å². The molecule has 0 radical (unpaired) electrons. The molecule has 1 aliphatic rings. The van der Waals surface area contributed by atoms with Gasteiger partial charge in [0.25, 0.3) is 0 Å². The summed E-state index contributed by atoms with van der Waals surface area (Å²) in [7, 11) is -3.65. The average molecular weight is 365 g/mol. The summed E-state index contributed by atoms with van der Waals surface area (Å²) >= 11 is 3.01. The van der Waals surface area contributed by atoms with E-state index in [-0.39, 0.29) is 15.4 Å². The third-order valence-corrected chi connectivity index (χ3v) is 5.72. The molecule has 0 aliphatic carbocycles. The van der Waals surface area contributed by atoms with Gasteiger partial charge in [0, 0.05) is 6.04 Å². The van der Waals surface area contributed by atoms with Gasteiger partial charge < -0.3 is 4.90 Å². The largest absolute Gasteiger partial charge is 0.303 e. The molecule has 0 spiro atoms. The first-order chi connectivity index (χ1) is 9.42. The predicted octanol–water partition coefficient (Wildman–Crippen LogP) is 2.35.